The lowest BCUT2D eigenvalue weighted by atomic mass is 9.93. The molecule has 0 aromatic heterocycles. The summed E-state index contributed by atoms with van der Waals surface area (Å²) in [5.41, 5.74) is 2.34. The maximum Gasteiger partial charge on any atom is 0.227 e. The van der Waals surface area contributed by atoms with Crippen LogP contribution in [0.5, 0.6) is 0 Å². The van der Waals surface area contributed by atoms with Crippen molar-refractivity contribution in [2.45, 2.75) is 32.3 Å². The summed E-state index contributed by atoms with van der Waals surface area (Å²) in [5, 5.41) is 0. The maximum absolute atomic E-state index is 12.6. The van der Waals surface area contributed by atoms with Gasteiger partial charge in [0.25, 0.3) is 0 Å². The monoisotopic (exact) mass is 328 g/mol. The first-order chi connectivity index (χ1) is 11.7. The molecule has 3 heterocycles. The highest BCUT2D eigenvalue weighted by Crippen LogP contribution is 2.34. The Hall–Kier alpha value is -1.39. The van der Waals surface area contributed by atoms with Gasteiger partial charge in [-0.05, 0) is 38.4 Å². The highest BCUT2D eigenvalue weighted by Gasteiger charge is 2.45. The van der Waals surface area contributed by atoms with Crippen LogP contribution >= 0.6 is 0 Å². The number of nitrogens with zero attached hydrogens (tertiary/aromatic N) is 2. The number of aryl methyl sites for hydroxylation is 1. The molecule has 3 atom stereocenters. The van der Waals surface area contributed by atoms with Gasteiger partial charge in [0.15, 0.2) is 0 Å². The molecule has 24 heavy (non-hydrogen) atoms. The molecule has 1 aromatic rings. The third kappa shape index (κ3) is 3.35. The predicted octanol–water partition coefficient (Wildman–Crippen LogP) is 2.11. The van der Waals surface area contributed by atoms with Crippen molar-refractivity contribution in [3.63, 3.8) is 0 Å². The van der Waals surface area contributed by atoms with E-state index in [-0.39, 0.29) is 12.0 Å². The van der Waals surface area contributed by atoms with Gasteiger partial charge in [-0.15, -0.1) is 0 Å². The largest absolute Gasteiger partial charge is 0.376 e. The Morgan fingerprint density at radius 1 is 1.17 bits per heavy atom. The lowest BCUT2D eigenvalue weighted by molar-refractivity contribution is -0.130. The third-order valence-electron chi connectivity index (χ3n) is 5.96. The second-order valence-electron chi connectivity index (χ2n) is 7.76. The van der Waals surface area contributed by atoms with E-state index >= 15 is 0 Å². The Morgan fingerprint density at radius 3 is 2.67 bits per heavy atom. The van der Waals surface area contributed by atoms with Crippen LogP contribution in [0.1, 0.15) is 24.0 Å². The van der Waals surface area contributed by atoms with Crippen LogP contribution in [0.15, 0.2) is 24.3 Å². The zero-order chi connectivity index (χ0) is 16.5. The number of rotatable bonds is 4. The first-order valence-electron chi connectivity index (χ1n) is 9.36. The van der Waals surface area contributed by atoms with Gasteiger partial charge in [0.1, 0.15) is 0 Å². The molecule has 130 valence electrons. The van der Waals surface area contributed by atoms with Crippen molar-refractivity contribution in [2.24, 2.45) is 11.8 Å². The Labute approximate surface area is 144 Å². The highest BCUT2D eigenvalue weighted by molar-refractivity contribution is 5.79. The van der Waals surface area contributed by atoms with E-state index in [9.17, 15) is 4.79 Å². The molecule has 0 spiro atoms. The number of hydrogen-bond donors (Lipinski definition) is 0. The number of fused-ring (bicyclic) bond motifs is 1. The van der Waals surface area contributed by atoms with E-state index in [1.165, 1.54) is 31.5 Å². The average molecular weight is 328 g/mol. The second kappa shape index (κ2) is 6.85. The molecule has 0 N–H and O–H groups in total. The van der Waals surface area contributed by atoms with Crippen molar-refractivity contribution in [1.82, 2.24) is 9.80 Å². The van der Waals surface area contributed by atoms with Gasteiger partial charge in [0.05, 0.1) is 19.1 Å². The molecule has 1 amide bonds. The van der Waals surface area contributed by atoms with Crippen molar-refractivity contribution in [3.05, 3.63) is 35.4 Å². The summed E-state index contributed by atoms with van der Waals surface area (Å²) in [6.07, 6.45) is 3.45. The summed E-state index contributed by atoms with van der Waals surface area (Å²) in [6.45, 7) is 8.26. The fourth-order valence-corrected chi connectivity index (χ4v) is 4.48. The van der Waals surface area contributed by atoms with Crippen LogP contribution in [0.2, 0.25) is 0 Å². The van der Waals surface area contributed by atoms with E-state index in [0.29, 0.717) is 18.3 Å². The van der Waals surface area contributed by atoms with Gasteiger partial charge in [-0.3, -0.25) is 4.79 Å². The molecule has 0 radical (unpaired) electrons. The quantitative estimate of drug-likeness (QED) is 0.849. The van der Waals surface area contributed by atoms with Gasteiger partial charge in [-0.2, -0.15) is 0 Å². The van der Waals surface area contributed by atoms with Crippen LogP contribution in [-0.4, -0.2) is 61.1 Å². The molecule has 0 saturated carbocycles. The van der Waals surface area contributed by atoms with E-state index in [0.717, 1.165) is 31.8 Å². The fourth-order valence-electron chi connectivity index (χ4n) is 4.48. The summed E-state index contributed by atoms with van der Waals surface area (Å²) in [6, 6.07) is 8.29. The van der Waals surface area contributed by atoms with Gasteiger partial charge in [0, 0.05) is 31.5 Å². The number of ether oxygens (including phenoxy) is 1. The predicted molar refractivity (Wildman–Crippen MR) is 93.9 cm³/mol. The van der Waals surface area contributed by atoms with Crippen molar-refractivity contribution < 1.29 is 9.53 Å². The van der Waals surface area contributed by atoms with E-state index < -0.39 is 0 Å². The molecule has 0 unspecified atom stereocenters. The Morgan fingerprint density at radius 2 is 1.92 bits per heavy atom. The molecule has 4 nitrogen and oxygen atoms in total. The minimum atomic E-state index is 0.247. The topological polar surface area (TPSA) is 32.8 Å². The van der Waals surface area contributed by atoms with Gasteiger partial charge in [-0.25, -0.2) is 0 Å². The first kappa shape index (κ1) is 16.1. The zero-order valence-corrected chi connectivity index (χ0v) is 14.6. The molecule has 0 aliphatic carbocycles. The Bertz CT molecular complexity index is 580. The Kier molecular flexibility index (Phi) is 4.59. The van der Waals surface area contributed by atoms with Crippen molar-refractivity contribution in [1.29, 1.82) is 0 Å². The smallest absolute Gasteiger partial charge is 0.227 e. The minimum Gasteiger partial charge on any atom is -0.376 e. The SMILES string of the molecule is Cc1ccc(CC(=O)N2C[C@H]3[C@H](CN4CCCC4)CO[C@H]3C2)cc1. The van der Waals surface area contributed by atoms with E-state index in [4.69, 9.17) is 4.74 Å². The summed E-state index contributed by atoms with van der Waals surface area (Å²) < 4.78 is 6.03. The number of hydrogen-bond acceptors (Lipinski definition) is 3. The highest BCUT2D eigenvalue weighted by atomic mass is 16.5. The Balaban J connectivity index is 1.33. The van der Waals surface area contributed by atoms with Gasteiger partial charge >= 0.3 is 0 Å². The lowest BCUT2D eigenvalue weighted by Crippen LogP contribution is -2.35. The second-order valence-corrected chi connectivity index (χ2v) is 7.76. The molecular weight excluding hydrogens is 300 g/mol. The number of likely N-dealkylation sites (tertiary alicyclic amines) is 2. The molecule has 4 rings (SSSR count). The van der Waals surface area contributed by atoms with Crippen LogP contribution in [0.3, 0.4) is 0 Å². The summed E-state index contributed by atoms with van der Waals surface area (Å²) in [5.74, 6) is 1.38. The van der Waals surface area contributed by atoms with E-state index in [1.807, 2.05) is 4.90 Å². The minimum absolute atomic E-state index is 0.247. The maximum atomic E-state index is 12.6. The van der Waals surface area contributed by atoms with Crippen molar-refractivity contribution >= 4 is 5.91 Å². The van der Waals surface area contributed by atoms with Crippen LogP contribution < -0.4 is 0 Å². The molecule has 3 saturated heterocycles. The number of benzene rings is 1. The zero-order valence-electron chi connectivity index (χ0n) is 14.6. The van der Waals surface area contributed by atoms with Crippen LogP contribution in [0.4, 0.5) is 0 Å². The van der Waals surface area contributed by atoms with Crippen LogP contribution in [-0.2, 0) is 16.0 Å². The fraction of sp³-hybridized carbons (Fsp3) is 0.650. The van der Waals surface area contributed by atoms with Gasteiger partial charge in [-0.1, -0.05) is 29.8 Å². The lowest BCUT2D eigenvalue weighted by Gasteiger charge is -2.24. The summed E-state index contributed by atoms with van der Waals surface area (Å²) in [4.78, 5) is 17.3. The van der Waals surface area contributed by atoms with Crippen molar-refractivity contribution in [2.75, 3.05) is 39.3 Å². The molecular formula is C20H28N2O2. The molecule has 3 aliphatic rings. The normalized spacial score (nSPS) is 30.0. The van der Waals surface area contributed by atoms with Crippen LogP contribution in [0, 0.1) is 18.8 Å². The van der Waals surface area contributed by atoms with Gasteiger partial charge in [0.2, 0.25) is 5.91 Å². The molecule has 4 heteroatoms. The summed E-state index contributed by atoms with van der Waals surface area (Å²) >= 11 is 0. The molecule has 0 bridgehead atoms. The standard InChI is InChI=1S/C20H28N2O2/c1-15-4-6-16(7-5-15)10-20(23)22-12-18-17(14-24-19(18)13-22)11-21-8-2-3-9-21/h4-7,17-19H,2-3,8-14H2,1H3/t17-,18+,19+/m1/s1. The van der Waals surface area contributed by atoms with E-state index in [1.54, 1.807) is 0 Å². The number of amides is 1. The molecule has 1 aromatic carbocycles. The first-order valence-corrected chi connectivity index (χ1v) is 9.36. The third-order valence-corrected chi connectivity index (χ3v) is 5.96. The number of carbonyl (C=O) groups excluding carboxylic acids is 1. The van der Waals surface area contributed by atoms with E-state index in [2.05, 4.69) is 36.1 Å². The summed E-state index contributed by atoms with van der Waals surface area (Å²) in [7, 11) is 0. The average Bonchev–Trinajstić information content (AvgIpc) is 3.28. The molecule has 3 aliphatic heterocycles. The van der Waals surface area contributed by atoms with Crippen molar-refractivity contribution in [3.8, 4) is 0 Å². The molecule has 3 fully saturated rings. The van der Waals surface area contributed by atoms with Gasteiger partial charge < -0.3 is 14.5 Å². The number of carbonyl (C=O) groups is 1. The van der Waals surface area contributed by atoms with Crippen LogP contribution in [0.25, 0.3) is 0 Å².